The molecule has 2 heteroatoms. The molecular weight excluding hydrogens is 200 g/mol. The first-order chi connectivity index (χ1) is 7.66. The number of ketones is 1. The molecule has 2 nitrogen and oxygen atoms in total. The number of carbonyl (C=O) groups excluding carboxylic acids is 1. The minimum atomic E-state index is 0.103. The number of hydrogen-bond donors (Lipinski definition) is 0. The van der Waals surface area contributed by atoms with Gasteiger partial charge in [-0.25, -0.2) is 0 Å². The molecule has 0 unspecified atom stereocenters. The SMILES string of the molecule is Cc1cc(C(=O)Cc2ccccc2C)co1. The highest BCUT2D eigenvalue weighted by molar-refractivity contribution is 5.97. The van der Waals surface area contributed by atoms with Crippen LogP contribution in [0.3, 0.4) is 0 Å². The number of rotatable bonds is 3. The number of benzene rings is 1. The molecule has 2 aromatic rings. The molecule has 0 aliphatic carbocycles. The predicted molar refractivity (Wildman–Crippen MR) is 62.7 cm³/mol. The van der Waals surface area contributed by atoms with Crippen LogP contribution in [0, 0.1) is 13.8 Å². The van der Waals surface area contributed by atoms with E-state index in [1.54, 1.807) is 6.07 Å². The molecule has 0 saturated carbocycles. The first-order valence-corrected chi connectivity index (χ1v) is 5.29. The third-order valence-electron chi connectivity index (χ3n) is 2.66. The highest BCUT2D eigenvalue weighted by Crippen LogP contribution is 2.13. The summed E-state index contributed by atoms with van der Waals surface area (Å²) in [4.78, 5) is 11.9. The maximum atomic E-state index is 11.9. The van der Waals surface area contributed by atoms with Crippen LogP contribution < -0.4 is 0 Å². The number of Topliss-reactive ketones (excluding diaryl/α,β-unsaturated/α-hetero) is 1. The highest BCUT2D eigenvalue weighted by Gasteiger charge is 2.10. The van der Waals surface area contributed by atoms with E-state index in [2.05, 4.69) is 0 Å². The van der Waals surface area contributed by atoms with Crippen molar-refractivity contribution in [3.8, 4) is 0 Å². The lowest BCUT2D eigenvalue weighted by atomic mass is 10.0. The van der Waals surface area contributed by atoms with Gasteiger partial charge in [-0.2, -0.15) is 0 Å². The van der Waals surface area contributed by atoms with E-state index in [-0.39, 0.29) is 5.78 Å². The normalized spacial score (nSPS) is 10.4. The van der Waals surface area contributed by atoms with Crippen LogP contribution in [-0.4, -0.2) is 5.78 Å². The number of hydrogen-bond acceptors (Lipinski definition) is 2. The molecule has 0 spiro atoms. The van der Waals surface area contributed by atoms with Crippen LogP contribution >= 0.6 is 0 Å². The Morgan fingerprint density at radius 1 is 1.25 bits per heavy atom. The summed E-state index contributed by atoms with van der Waals surface area (Å²) in [5, 5.41) is 0. The molecule has 0 fully saturated rings. The van der Waals surface area contributed by atoms with E-state index in [0.717, 1.165) is 16.9 Å². The van der Waals surface area contributed by atoms with Gasteiger partial charge >= 0.3 is 0 Å². The Hall–Kier alpha value is -1.83. The fourth-order valence-electron chi connectivity index (χ4n) is 1.67. The average Bonchev–Trinajstić information content (AvgIpc) is 2.68. The molecule has 0 atom stereocenters. The molecule has 0 aliphatic heterocycles. The molecule has 0 N–H and O–H groups in total. The fourth-order valence-corrected chi connectivity index (χ4v) is 1.67. The molecule has 1 aromatic carbocycles. The third-order valence-corrected chi connectivity index (χ3v) is 2.66. The Labute approximate surface area is 94.9 Å². The number of furan rings is 1. The summed E-state index contributed by atoms with van der Waals surface area (Å²) in [5.41, 5.74) is 2.88. The Kier molecular flexibility index (Phi) is 2.91. The fraction of sp³-hybridized carbons (Fsp3) is 0.214. The molecule has 1 aromatic heterocycles. The Morgan fingerprint density at radius 2 is 2.00 bits per heavy atom. The smallest absolute Gasteiger partial charge is 0.170 e. The van der Waals surface area contributed by atoms with Crippen molar-refractivity contribution in [2.24, 2.45) is 0 Å². The minimum Gasteiger partial charge on any atom is -0.469 e. The van der Waals surface area contributed by atoms with E-state index >= 15 is 0 Å². The lowest BCUT2D eigenvalue weighted by Crippen LogP contribution is -2.03. The van der Waals surface area contributed by atoms with Gasteiger partial charge in [0.2, 0.25) is 0 Å². The van der Waals surface area contributed by atoms with Gasteiger partial charge in [0, 0.05) is 6.42 Å². The van der Waals surface area contributed by atoms with Gasteiger partial charge in [0.05, 0.1) is 5.56 Å². The lowest BCUT2D eigenvalue weighted by molar-refractivity contribution is 0.0992. The molecule has 0 amide bonds. The maximum Gasteiger partial charge on any atom is 0.170 e. The van der Waals surface area contributed by atoms with E-state index in [0.29, 0.717) is 12.0 Å². The summed E-state index contributed by atoms with van der Waals surface area (Å²) in [6.07, 6.45) is 1.96. The summed E-state index contributed by atoms with van der Waals surface area (Å²) in [5.74, 6) is 0.874. The molecule has 16 heavy (non-hydrogen) atoms. The molecule has 0 bridgehead atoms. The van der Waals surface area contributed by atoms with Crippen molar-refractivity contribution in [2.45, 2.75) is 20.3 Å². The molecule has 0 radical (unpaired) electrons. The summed E-state index contributed by atoms with van der Waals surface area (Å²) in [7, 11) is 0. The second-order valence-electron chi connectivity index (χ2n) is 3.97. The maximum absolute atomic E-state index is 11.9. The van der Waals surface area contributed by atoms with Crippen molar-refractivity contribution in [3.05, 3.63) is 59.0 Å². The highest BCUT2D eigenvalue weighted by atomic mass is 16.3. The summed E-state index contributed by atoms with van der Waals surface area (Å²) < 4.78 is 5.13. The third kappa shape index (κ3) is 2.22. The largest absolute Gasteiger partial charge is 0.469 e. The second-order valence-corrected chi connectivity index (χ2v) is 3.97. The topological polar surface area (TPSA) is 30.2 Å². The van der Waals surface area contributed by atoms with Crippen molar-refractivity contribution < 1.29 is 9.21 Å². The van der Waals surface area contributed by atoms with Gasteiger partial charge in [-0.15, -0.1) is 0 Å². The van der Waals surface area contributed by atoms with E-state index < -0.39 is 0 Å². The Bertz CT molecular complexity index is 509. The standard InChI is InChI=1S/C14H14O2/c1-10-5-3-4-6-12(10)8-14(15)13-7-11(2)16-9-13/h3-7,9H,8H2,1-2H3. The van der Waals surface area contributed by atoms with Gasteiger partial charge in [0.1, 0.15) is 12.0 Å². The van der Waals surface area contributed by atoms with Crippen LogP contribution in [0.2, 0.25) is 0 Å². The summed E-state index contributed by atoms with van der Waals surface area (Å²) >= 11 is 0. The van der Waals surface area contributed by atoms with Crippen molar-refractivity contribution in [2.75, 3.05) is 0 Å². The molecule has 1 heterocycles. The summed E-state index contributed by atoms with van der Waals surface area (Å²) in [6, 6.07) is 9.71. The van der Waals surface area contributed by atoms with Crippen LogP contribution in [0.5, 0.6) is 0 Å². The molecule has 2 rings (SSSR count). The van der Waals surface area contributed by atoms with Gasteiger partial charge in [0.15, 0.2) is 5.78 Å². The zero-order chi connectivity index (χ0) is 11.5. The number of aryl methyl sites for hydroxylation is 2. The van der Waals surface area contributed by atoms with E-state index in [1.807, 2.05) is 38.1 Å². The molecule has 0 saturated heterocycles. The second kappa shape index (κ2) is 4.35. The summed E-state index contributed by atoms with van der Waals surface area (Å²) in [6.45, 7) is 3.85. The molecule has 0 aliphatic rings. The zero-order valence-corrected chi connectivity index (χ0v) is 9.49. The minimum absolute atomic E-state index is 0.103. The van der Waals surface area contributed by atoms with Gasteiger partial charge in [0.25, 0.3) is 0 Å². The zero-order valence-electron chi connectivity index (χ0n) is 9.49. The van der Waals surface area contributed by atoms with Crippen molar-refractivity contribution in [1.29, 1.82) is 0 Å². The van der Waals surface area contributed by atoms with Crippen molar-refractivity contribution >= 4 is 5.78 Å². The Morgan fingerprint density at radius 3 is 2.62 bits per heavy atom. The lowest BCUT2D eigenvalue weighted by Gasteiger charge is -2.02. The van der Waals surface area contributed by atoms with Gasteiger partial charge < -0.3 is 4.42 Å². The van der Waals surface area contributed by atoms with Crippen LogP contribution in [0.15, 0.2) is 41.0 Å². The first kappa shape index (κ1) is 10.7. The van der Waals surface area contributed by atoms with E-state index in [9.17, 15) is 4.79 Å². The molecule has 82 valence electrons. The van der Waals surface area contributed by atoms with Crippen LogP contribution in [0.25, 0.3) is 0 Å². The van der Waals surface area contributed by atoms with Gasteiger partial charge in [-0.1, -0.05) is 24.3 Å². The quantitative estimate of drug-likeness (QED) is 0.734. The van der Waals surface area contributed by atoms with Crippen molar-refractivity contribution in [3.63, 3.8) is 0 Å². The van der Waals surface area contributed by atoms with Crippen LogP contribution in [-0.2, 0) is 6.42 Å². The van der Waals surface area contributed by atoms with Crippen molar-refractivity contribution in [1.82, 2.24) is 0 Å². The molecular formula is C14H14O2. The van der Waals surface area contributed by atoms with Crippen LogP contribution in [0.4, 0.5) is 0 Å². The predicted octanol–water partition coefficient (Wildman–Crippen LogP) is 3.32. The van der Waals surface area contributed by atoms with E-state index in [1.165, 1.54) is 6.26 Å². The van der Waals surface area contributed by atoms with Gasteiger partial charge in [-0.3, -0.25) is 4.79 Å². The van der Waals surface area contributed by atoms with E-state index in [4.69, 9.17) is 4.42 Å². The van der Waals surface area contributed by atoms with Gasteiger partial charge in [-0.05, 0) is 31.0 Å². The monoisotopic (exact) mass is 214 g/mol. The average molecular weight is 214 g/mol. The Balaban J connectivity index is 2.17. The first-order valence-electron chi connectivity index (χ1n) is 5.29. The number of carbonyl (C=O) groups is 1. The van der Waals surface area contributed by atoms with Crippen LogP contribution in [0.1, 0.15) is 27.2 Å².